The van der Waals surface area contributed by atoms with Crippen LogP contribution in [0.1, 0.15) is 39.5 Å². The Kier molecular flexibility index (Phi) is 10.8. The van der Waals surface area contributed by atoms with Gasteiger partial charge in [-0.2, -0.15) is 0 Å². The summed E-state index contributed by atoms with van der Waals surface area (Å²) in [6.07, 6.45) is 3.88. The lowest BCUT2D eigenvalue weighted by molar-refractivity contribution is -0.137. The predicted molar refractivity (Wildman–Crippen MR) is 77.9 cm³/mol. The molecule has 0 bridgehead atoms. The average Bonchev–Trinajstić information content (AvgIpc) is 2.42. The second-order valence-corrected chi connectivity index (χ2v) is 4.78. The third-order valence-electron chi connectivity index (χ3n) is 3.00. The minimum atomic E-state index is -1.000. The molecule has 2 amide bonds. The van der Waals surface area contributed by atoms with Crippen molar-refractivity contribution in [1.29, 1.82) is 0 Å². The highest BCUT2D eigenvalue weighted by atomic mass is 16.5. The normalized spacial score (nSPS) is 10.3. The number of rotatable bonds is 11. The van der Waals surface area contributed by atoms with Crippen LogP contribution in [0, 0.1) is 0 Å². The monoisotopic (exact) mass is 288 g/mol. The lowest BCUT2D eigenvalue weighted by Gasteiger charge is -2.29. The quantitative estimate of drug-likeness (QED) is 0.631. The molecule has 0 saturated carbocycles. The van der Waals surface area contributed by atoms with Crippen LogP contribution in [0.4, 0.5) is 4.79 Å². The molecule has 0 aliphatic heterocycles. The molecule has 6 heteroatoms. The van der Waals surface area contributed by atoms with Gasteiger partial charge < -0.3 is 19.6 Å². The average molecular weight is 288 g/mol. The fourth-order valence-electron chi connectivity index (χ4n) is 1.81. The predicted octanol–water partition coefficient (Wildman–Crippen LogP) is 2.04. The molecule has 0 unspecified atom stereocenters. The number of carboxylic acids is 1. The highest BCUT2D eigenvalue weighted by Gasteiger charge is 2.21. The molecule has 0 aliphatic carbocycles. The first-order chi connectivity index (χ1) is 9.56. The highest BCUT2D eigenvalue weighted by Crippen LogP contribution is 2.05. The van der Waals surface area contributed by atoms with Gasteiger partial charge in [-0.3, -0.25) is 4.79 Å². The lowest BCUT2D eigenvalue weighted by atomic mass is 10.2. The summed E-state index contributed by atoms with van der Waals surface area (Å²) in [6, 6.07) is -0.202. The molecule has 6 nitrogen and oxygen atoms in total. The van der Waals surface area contributed by atoms with E-state index >= 15 is 0 Å². The second-order valence-electron chi connectivity index (χ2n) is 4.78. The van der Waals surface area contributed by atoms with Crippen LogP contribution in [-0.4, -0.2) is 66.8 Å². The van der Waals surface area contributed by atoms with Crippen molar-refractivity contribution < 1.29 is 19.4 Å². The van der Waals surface area contributed by atoms with Gasteiger partial charge in [0.25, 0.3) is 0 Å². The van der Waals surface area contributed by atoms with Crippen molar-refractivity contribution in [2.45, 2.75) is 39.5 Å². The number of carboxylic acid groups (broad SMARTS) is 1. The van der Waals surface area contributed by atoms with E-state index in [1.807, 2.05) is 0 Å². The van der Waals surface area contributed by atoms with E-state index in [0.29, 0.717) is 26.2 Å². The highest BCUT2D eigenvalue weighted by molar-refractivity contribution is 5.80. The van der Waals surface area contributed by atoms with Crippen LogP contribution < -0.4 is 0 Å². The Hall–Kier alpha value is -1.30. The maximum atomic E-state index is 12.4. The third-order valence-corrected chi connectivity index (χ3v) is 3.00. The summed E-state index contributed by atoms with van der Waals surface area (Å²) in [5.74, 6) is -1.000. The molecule has 0 aromatic rings. The zero-order valence-electron chi connectivity index (χ0n) is 12.9. The van der Waals surface area contributed by atoms with E-state index in [-0.39, 0.29) is 12.6 Å². The zero-order valence-corrected chi connectivity index (χ0v) is 12.9. The molecule has 118 valence electrons. The number of hydrogen-bond acceptors (Lipinski definition) is 3. The maximum Gasteiger partial charge on any atom is 0.323 e. The minimum absolute atomic E-state index is 0.202. The molecule has 0 aromatic carbocycles. The number of amides is 2. The van der Waals surface area contributed by atoms with Crippen LogP contribution in [0.5, 0.6) is 0 Å². The van der Waals surface area contributed by atoms with E-state index in [1.165, 1.54) is 12.0 Å². The van der Waals surface area contributed by atoms with Crippen molar-refractivity contribution in [3.63, 3.8) is 0 Å². The minimum Gasteiger partial charge on any atom is -0.480 e. The van der Waals surface area contributed by atoms with E-state index in [2.05, 4.69) is 13.8 Å². The summed E-state index contributed by atoms with van der Waals surface area (Å²) < 4.78 is 4.94. The fourth-order valence-corrected chi connectivity index (χ4v) is 1.81. The molecule has 0 atom stereocenters. The summed E-state index contributed by atoms with van der Waals surface area (Å²) in [4.78, 5) is 26.4. The zero-order chi connectivity index (χ0) is 15.4. The first kappa shape index (κ1) is 18.7. The third kappa shape index (κ3) is 7.99. The number of ether oxygens (including phenoxy) is 1. The van der Waals surface area contributed by atoms with Crippen LogP contribution in [0.2, 0.25) is 0 Å². The number of nitrogens with zero attached hydrogens (tertiary/aromatic N) is 2. The van der Waals surface area contributed by atoms with Gasteiger partial charge in [-0.15, -0.1) is 0 Å². The van der Waals surface area contributed by atoms with E-state index in [0.717, 1.165) is 25.7 Å². The SMILES string of the molecule is CCCCN(CCCC)C(=O)N(CCOC)CC(=O)O. The van der Waals surface area contributed by atoms with Crippen LogP contribution in [0.3, 0.4) is 0 Å². The Balaban J connectivity index is 4.67. The van der Waals surface area contributed by atoms with Crippen molar-refractivity contribution in [2.75, 3.05) is 39.9 Å². The molecule has 0 fully saturated rings. The molecule has 0 rings (SSSR count). The molecule has 0 heterocycles. The number of unbranched alkanes of at least 4 members (excludes halogenated alkanes) is 2. The van der Waals surface area contributed by atoms with Crippen LogP contribution >= 0.6 is 0 Å². The van der Waals surface area contributed by atoms with Gasteiger partial charge in [-0.1, -0.05) is 26.7 Å². The van der Waals surface area contributed by atoms with E-state index in [4.69, 9.17) is 9.84 Å². The van der Waals surface area contributed by atoms with Gasteiger partial charge in [-0.05, 0) is 12.8 Å². The number of urea groups is 1. The van der Waals surface area contributed by atoms with Gasteiger partial charge in [0.05, 0.1) is 6.61 Å². The van der Waals surface area contributed by atoms with Crippen molar-refractivity contribution in [3.05, 3.63) is 0 Å². The first-order valence-electron chi connectivity index (χ1n) is 7.31. The molecular formula is C14H28N2O4. The standard InChI is InChI=1S/C14H28N2O4/c1-4-6-8-15(9-7-5-2)14(19)16(10-11-20-3)12-13(17)18/h4-12H2,1-3H3,(H,17,18). The van der Waals surface area contributed by atoms with Crippen LogP contribution in [0.15, 0.2) is 0 Å². The molecule has 1 N–H and O–H groups in total. The van der Waals surface area contributed by atoms with Gasteiger partial charge in [0.15, 0.2) is 0 Å². The van der Waals surface area contributed by atoms with Gasteiger partial charge in [-0.25, -0.2) is 4.79 Å². The maximum absolute atomic E-state index is 12.4. The van der Waals surface area contributed by atoms with E-state index in [1.54, 1.807) is 4.90 Å². The smallest absolute Gasteiger partial charge is 0.323 e. The van der Waals surface area contributed by atoms with Gasteiger partial charge in [0, 0.05) is 26.7 Å². The van der Waals surface area contributed by atoms with Crippen molar-refractivity contribution >= 4 is 12.0 Å². The summed E-state index contributed by atoms with van der Waals surface area (Å²) in [6.45, 7) is 5.86. The Labute approximate surface area is 121 Å². The Morgan fingerprint density at radius 3 is 1.95 bits per heavy atom. The summed E-state index contributed by atoms with van der Waals surface area (Å²) in [5.41, 5.74) is 0. The number of aliphatic carboxylic acids is 1. The number of carbonyl (C=O) groups is 2. The van der Waals surface area contributed by atoms with E-state index < -0.39 is 5.97 Å². The van der Waals surface area contributed by atoms with Crippen molar-refractivity contribution in [3.8, 4) is 0 Å². The molecule has 0 aromatic heterocycles. The number of methoxy groups -OCH3 is 1. The van der Waals surface area contributed by atoms with Crippen LogP contribution in [-0.2, 0) is 9.53 Å². The first-order valence-corrected chi connectivity index (χ1v) is 7.31. The van der Waals surface area contributed by atoms with Gasteiger partial charge in [0.1, 0.15) is 6.54 Å². The molecule has 0 radical (unpaired) electrons. The van der Waals surface area contributed by atoms with Crippen molar-refractivity contribution in [1.82, 2.24) is 9.80 Å². The molecule has 0 saturated heterocycles. The van der Waals surface area contributed by atoms with Gasteiger partial charge >= 0.3 is 12.0 Å². The molecule has 0 spiro atoms. The summed E-state index contributed by atoms with van der Waals surface area (Å²) in [5, 5.41) is 8.91. The Morgan fingerprint density at radius 1 is 1.00 bits per heavy atom. The van der Waals surface area contributed by atoms with Crippen molar-refractivity contribution in [2.24, 2.45) is 0 Å². The van der Waals surface area contributed by atoms with E-state index in [9.17, 15) is 9.59 Å². The number of carbonyl (C=O) groups excluding carboxylic acids is 1. The Bertz CT molecular complexity index is 276. The number of hydrogen-bond donors (Lipinski definition) is 1. The summed E-state index contributed by atoms with van der Waals surface area (Å²) in [7, 11) is 1.54. The summed E-state index contributed by atoms with van der Waals surface area (Å²) >= 11 is 0. The fraction of sp³-hybridized carbons (Fsp3) is 0.857. The topological polar surface area (TPSA) is 70.1 Å². The Morgan fingerprint density at radius 2 is 1.55 bits per heavy atom. The molecule has 20 heavy (non-hydrogen) atoms. The largest absolute Gasteiger partial charge is 0.480 e. The molecule has 0 aliphatic rings. The van der Waals surface area contributed by atoms with Crippen LogP contribution in [0.25, 0.3) is 0 Å². The van der Waals surface area contributed by atoms with Gasteiger partial charge in [0.2, 0.25) is 0 Å². The second kappa shape index (κ2) is 11.5. The lowest BCUT2D eigenvalue weighted by Crippen LogP contribution is -2.47. The molecular weight excluding hydrogens is 260 g/mol.